The van der Waals surface area contributed by atoms with Gasteiger partial charge in [0.2, 0.25) is 5.88 Å². The van der Waals surface area contributed by atoms with Gasteiger partial charge in [-0.25, -0.2) is 19.3 Å². The van der Waals surface area contributed by atoms with Gasteiger partial charge < -0.3 is 29.5 Å². The maximum atomic E-state index is 15.9. The zero-order valence-electron chi connectivity index (χ0n) is 27.3. The Morgan fingerprint density at radius 1 is 1.09 bits per heavy atom. The number of nitrogens with zero attached hydrogens (tertiary/aromatic N) is 6. The summed E-state index contributed by atoms with van der Waals surface area (Å²) >= 11 is 0. The zero-order chi connectivity index (χ0) is 33.9. The molecule has 0 bridgehead atoms. The fraction of sp³-hybridized carbons (Fsp3) is 0.500. The number of hydrogen-bond acceptors (Lipinski definition) is 9. The second kappa shape index (κ2) is 14.1. The predicted octanol–water partition coefficient (Wildman–Crippen LogP) is 5.64. The second-order valence-corrected chi connectivity index (χ2v) is 18.8. The first-order valence-corrected chi connectivity index (χ1v) is 19.4. The summed E-state index contributed by atoms with van der Waals surface area (Å²) < 4.78 is 69.7. The number of alkyl halides is 3. The van der Waals surface area contributed by atoms with E-state index in [1.165, 1.54) is 18.3 Å². The topological polar surface area (TPSA) is 96.0 Å². The highest BCUT2D eigenvalue weighted by molar-refractivity contribution is 6.76. The molecule has 47 heavy (non-hydrogen) atoms. The van der Waals surface area contributed by atoms with Crippen molar-refractivity contribution in [1.82, 2.24) is 19.9 Å². The number of pyridine rings is 1. The summed E-state index contributed by atoms with van der Waals surface area (Å²) in [5.74, 6) is -1.20. The molecule has 10 nitrogen and oxygen atoms in total. The quantitative estimate of drug-likeness (QED) is 0.228. The molecule has 5 rings (SSSR count). The fourth-order valence-corrected chi connectivity index (χ4v) is 6.11. The molecule has 1 amide bonds. The lowest BCUT2D eigenvalue weighted by molar-refractivity contribution is -0.138. The molecule has 1 aromatic carbocycles. The minimum atomic E-state index is -4.86. The van der Waals surface area contributed by atoms with Crippen molar-refractivity contribution in [3.8, 4) is 17.3 Å². The number of benzene rings is 1. The SMILES string of the molecule is C[C@H]1CN(c2cc(F)c(-c3nccc(N4CCOCC4)n3)cc2NC(=O)c2cnc(OCC[Si](C)(C)C)cc2C(F)(F)F)CCN1C. The molecule has 2 aromatic heterocycles. The van der Waals surface area contributed by atoms with Crippen LogP contribution in [0.15, 0.2) is 36.7 Å². The van der Waals surface area contributed by atoms with E-state index in [2.05, 4.69) is 44.8 Å². The Balaban J connectivity index is 1.51. The number of amides is 1. The van der Waals surface area contributed by atoms with E-state index in [0.717, 1.165) is 18.3 Å². The molecule has 0 radical (unpaired) electrons. The van der Waals surface area contributed by atoms with Gasteiger partial charge in [-0.15, -0.1) is 0 Å². The minimum absolute atomic E-state index is 0.00153. The fourth-order valence-electron chi connectivity index (χ4n) is 5.39. The predicted molar refractivity (Wildman–Crippen MR) is 176 cm³/mol. The highest BCUT2D eigenvalue weighted by Crippen LogP contribution is 2.37. The lowest BCUT2D eigenvalue weighted by atomic mass is 10.1. The normalized spacial score (nSPS) is 17.9. The molecule has 0 spiro atoms. The number of halogens is 4. The van der Waals surface area contributed by atoms with Crippen molar-refractivity contribution in [2.75, 3.05) is 74.7 Å². The Labute approximate surface area is 273 Å². The molecule has 1 atom stereocenters. The van der Waals surface area contributed by atoms with Crippen LogP contribution in [-0.4, -0.2) is 99.5 Å². The van der Waals surface area contributed by atoms with Crippen LogP contribution in [0.25, 0.3) is 11.4 Å². The van der Waals surface area contributed by atoms with Gasteiger partial charge in [0.25, 0.3) is 5.91 Å². The van der Waals surface area contributed by atoms with Crippen LogP contribution in [0.4, 0.5) is 34.8 Å². The molecule has 2 aliphatic heterocycles. The lowest BCUT2D eigenvalue weighted by Crippen LogP contribution is -2.50. The monoisotopic (exact) mass is 675 g/mol. The van der Waals surface area contributed by atoms with Crippen molar-refractivity contribution < 1.29 is 31.8 Å². The molecule has 2 aliphatic rings. The third kappa shape index (κ3) is 8.56. The van der Waals surface area contributed by atoms with Crippen LogP contribution < -0.4 is 19.9 Å². The van der Waals surface area contributed by atoms with Crippen LogP contribution in [0, 0.1) is 5.82 Å². The number of hydrogen-bond donors (Lipinski definition) is 1. The van der Waals surface area contributed by atoms with E-state index < -0.39 is 37.1 Å². The van der Waals surface area contributed by atoms with Gasteiger partial charge in [-0.2, -0.15) is 13.2 Å². The summed E-state index contributed by atoms with van der Waals surface area (Å²) in [6.07, 6.45) is -2.46. The number of aromatic nitrogens is 3. The number of carbonyl (C=O) groups is 1. The summed E-state index contributed by atoms with van der Waals surface area (Å²) in [6, 6.07) is 5.99. The summed E-state index contributed by atoms with van der Waals surface area (Å²) in [7, 11) is 0.488. The van der Waals surface area contributed by atoms with Gasteiger partial charge in [0.15, 0.2) is 5.82 Å². The molecular formula is C32H41F4N7O3Si. The number of anilines is 3. The number of carbonyl (C=O) groups excluding carboxylic acids is 1. The molecular weight excluding hydrogens is 634 g/mol. The average molecular weight is 676 g/mol. The first-order chi connectivity index (χ1) is 22.2. The average Bonchev–Trinajstić information content (AvgIpc) is 3.02. The van der Waals surface area contributed by atoms with Crippen molar-refractivity contribution in [1.29, 1.82) is 0 Å². The Bertz CT molecular complexity index is 1580. The van der Waals surface area contributed by atoms with Crippen LogP contribution in [0.3, 0.4) is 0 Å². The molecule has 0 saturated carbocycles. The Hall–Kier alpha value is -3.82. The molecule has 3 aromatic rings. The van der Waals surface area contributed by atoms with Crippen LogP contribution in [0.1, 0.15) is 22.8 Å². The molecule has 2 fully saturated rings. The van der Waals surface area contributed by atoms with Crippen molar-refractivity contribution in [2.24, 2.45) is 0 Å². The third-order valence-electron chi connectivity index (χ3n) is 8.38. The van der Waals surface area contributed by atoms with Crippen LogP contribution in [0.2, 0.25) is 25.7 Å². The highest BCUT2D eigenvalue weighted by Gasteiger charge is 2.37. The lowest BCUT2D eigenvalue weighted by Gasteiger charge is -2.39. The van der Waals surface area contributed by atoms with Crippen LogP contribution >= 0.6 is 0 Å². The van der Waals surface area contributed by atoms with E-state index in [1.807, 2.05) is 23.8 Å². The molecule has 0 unspecified atom stereocenters. The van der Waals surface area contributed by atoms with Gasteiger partial charge in [0.05, 0.1) is 47.9 Å². The van der Waals surface area contributed by atoms with Crippen molar-refractivity contribution in [2.45, 2.75) is 44.8 Å². The standard InChI is InChI=1S/C32H41F4N7O3Si/c1-21-20-43(9-8-41(21)2)27-18-25(33)22(30-37-7-6-28(40-30)42-10-12-45-13-11-42)16-26(27)39-31(44)23-19-38-29(17-24(23)32(34,35)36)46-14-15-47(3,4)5/h6-7,16-19,21H,8-15,20H2,1-5H3,(H,39,44)/t21-/m0/s1. The first-order valence-electron chi connectivity index (χ1n) is 15.7. The summed E-state index contributed by atoms with van der Waals surface area (Å²) in [6.45, 7) is 12.6. The van der Waals surface area contributed by atoms with Crippen molar-refractivity contribution in [3.63, 3.8) is 0 Å². The number of nitrogens with one attached hydrogen (secondary N) is 1. The van der Waals surface area contributed by atoms with Crippen LogP contribution in [0.5, 0.6) is 5.88 Å². The van der Waals surface area contributed by atoms with Gasteiger partial charge in [-0.3, -0.25) is 4.79 Å². The van der Waals surface area contributed by atoms with Crippen LogP contribution in [-0.2, 0) is 10.9 Å². The summed E-state index contributed by atoms with van der Waals surface area (Å²) in [5.41, 5.74) is -1.37. The van der Waals surface area contributed by atoms with E-state index in [0.29, 0.717) is 57.4 Å². The van der Waals surface area contributed by atoms with E-state index in [9.17, 15) is 18.0 Å². The van der Waals surface area contributed by atoms with E-state index in [-0.39, 0.29) is 35.6 Å². The number of ether oxygens (including phenoxy) is 2. The van der Waals surface area contributed by atoms with Crippen molar-refractivity contribution in [3.05, 3.63) is 53.6 Å². The van der Waals surface area contributed by atoms with E-state index in [1.54, 1.807) is 6.07 Å². The second-order valence-electron chi connectivity index (χ2n) is 13.1. The molecule has 2 saturated heterocycles. The molecule has 1 N–H and O–H groups in total. The number of rotatable bonds is 9. The molecule has 254 valence electrons. The summed E-state index contributed by atoms with van der Waals surface area (Å²) in [4.78, 5) is 32.6. The van der Waals surface area contributed by atoms with Gasteiger partial charge in [-0.1, -0.05) is 19.6 Å². The van der Waals surface area contributed by atoms with Crippen molar-refractivity contribution >= 4 is 31.2 Å². The zero-order valence-corrected chi connectivity index (χ0v) is 28.3. The maximum Gasteiger partial charge on any atom is 0.417 e. The van der Waals surface area contributed by atoms with Gasteiger partial charge in [0, 0.05) is 71.4 Å². The smallest absolute Gasteiger partial charge is 0.417 e. The number of morpholine rings is 1. The van der Waals surface area contributed by atoms with E-state index in [4.69, 9.17) is 9.47 Å². The first kappa shape index (κ1) is 34.5. The summed E-state index contributed by atoms with van der Waals surface area (Å²) in [5, 5.41) is 2.64. The molecule has 4 heterocycles. The largest absolute Gasteiger partial charge is 0.478 e. The number of piperazine rings is 1. The number of likely N-dealkylation sites (N-methyl/N-ethyl adjacent to an activating group) is 1. The Morgan fingerprint density at radius 2 is 1.83 bits per heavy atom. The van der Waals surface area contributed by atoms with Gasteiger partial charge in [0.1, 0.15) is 11.6 Å². The Kier molecular flexibility index (Phi) is 10.4. The maximum absolute atomic E-state index is 15.9. The molecule has 15 heteroatoms. The minimum Gasteiger partial charge on any atom is -0.478 e. The molecule has 0 aliphatic carbocycles. The Morgan fingerprint density at radius 3 is 2.51 bits per heavy atom. The van der Waals surface area contributed by atoms with E-state index >= 15 is 4.39 Å². The third-order valence-corrected chi connectivity index (χ3v) is 10.1. The van der Waals surface area contributed by atoms with Gasteiger partial charge >= 0.3 is 6.18 Å². The highest BCUT2D eigenvalue weighted by atomic mass is 28.3. The van der Waals surface area contributed by atoms with Gasteiger partial charge in [-0.05, 0) is 32.1 Å².